The lowest BCUT2D eigenvalue weighted by atomic mass is 9.88. The number of nitrogens with two attached hydrogens (primary N) is 1. The Balaban J connectivity index is 1.82. The van der Waals surface area contributed by atoms with Crippen LogP contribution in [0.4, 0.5) is 0 Å². The van der Waals surface area contributed by atoms with E-state index < -0.39 is 0 Å². The van der Waals surface area contributed by atoms with Crippen LogP contribution in [-0.4, -0.2) is 38.3 Å². The highest BCUT2D eigenvalue weighted by atomic mass is 16.5. The molecule has 0 amide bonds. The molecule has 4 heteroatoms. The molecule has 1 saturated heterocycles. The molecule has 116 valence electrons. The highest BCUT2D eigenvalue weighted by Crippen LogP contribution is 2.38. The minimum absolute atomic E-state index is 0.133. The number of hydrogen-bond donors (Lipinski definition) is 1. The van der Waals surface area contributed by atoms with Gasteiger partial charge in [0, 0.05) is 30.7 Å². The monoisotopic (exact) mass is 290 g/mol. The molecule has 0 spiro atoms. The maximum Gasteiger partial charge on any atom is 0.123 e. The number of rotatable bonds is 4. The fourth-order valence-corrected chi connectivity index (χ4v) is 3.51. The smallest absolute Gasteiger partial charge is 0.123 e. The highest BCUT2D eigenvalue weighted by Gasteiger charge is 2.31. The number of benzene rings is 1. The van der Waals surface area contributed by atoms with Gasteiger partial charge in [-0.1, -0.05) is 18.9 Å². The molecule has 1 saturated carbocycles. The molecule has 1 aliphatic carbocycles. The predicted octanol–water partition coefficient (Wildman–Crippen LogP) is 2.26. The first-order valence-electron chi connectivity index (χ1n) is 7.98. The Morgan fingerprint density at radius 3 is 2.62 bits per heavy atom. The zero-order chi connectivity index (χ0) is 14.7. The van der Waals surface area contributed by atoms with Crippen molar-refractivity contribution in [3.8, 4) is 5.75 Å². The third kappa shape index (κ3) is 3.23. The molecular weight excluding hydrogens is 264 g/mol. The summed E-state index contributed by atoms with van der Waals surface area (Å²) in [6.45, 7) is 4.53. The van der Waals surface area contributed by atoms with Gasteiger partial charge in [0.1, 0.15) is 5.75 Å². The lowest BCUT2D eigenvalue weighted by Gasteiger charge is -2.29. The SMILES string of the molecule is COc1ccc(C2(N)CCCC2)cc1CN1CCOCC1. The van der Waals surface area contributed by atoms with Gasteiger partial charge in [-0.05, 0) is 30.5 Å². The fraction of sp³-hybridized carbons (Fsp3) is 0.647. The van der Waals surface area contributed by atoms with Crippen molar-refractivity contribution in [1.29, 1.82) is 0 Å². The summed E-state index contributed by atoms with van der Waals surface area (Å²) in [6, 6.07) is 6.49. The molecule has 0 bridgehead atoms. The Morgan fingerprint density at radius 2 is 1.95 bits per heavy atom. The van der Waals surface area contributed by atoms with E-state index in [9.17, 15) is 0 Å². The lowest BCUT2D eigenvalue weighted by molar-refractivity contribution is 0.0338. The van der Waals surface area contributed by atoms with Gasteiger partial charge in [-0.15, -0.1) is 0 Å². The summed E-state index contributed by atoms with van der Waals surface area (Å²) in [5, 5.41) is 0. The quantitative estimate of drug-likeness (QED) is 0.924. The van der Waals surface area contributed by atoms with Gasteiger partial charge < -0.3 is 15.2 Å². The molecule has 1 aliphatic heterocycles. The van der Waals surface area contributed by atoms with Gasteiger partial charge >= 0.3 is 0 Å². The molecule has 0 atom stereocenters. The molecule has 2 aliphatic rings. The van der Waals surface area contributed by atoms with Crippen molar-refractivity contribution in [3.63, 3.8) is 0 Å². The second-order valence-corrected chi connectivity index (χ2v) is 6.28. The summed E-state index contributed by atoms with van der Waals surface area (Å²) in [5.74, 6) is 0.965. The normalized spacial score (nSPS) is 22.4. The van der Waals surface area contributed by atoms with Gasteiger partial charge in [0.25, 0.3) is 0 Å². The molecule has 3 rings (SSSR count). The van der Waals surface area contributed by atoms with E-state index in [1.807, 2.05) is 0 Å². The number of morpholine rings is 1. The van der Waals surface area contributed by atoms with E-state index in [4.69, 9.17) is 15.2 Å². The van der Waals surface area contributed by atoms with Crippen molar-refractivity contribution in [3.05, 3.63) is 29.3 Å². The molecule has 1 aromatic rings. The Kier molecular flexibility index (Phi) is 4.48. The zero-order valence-electron chi connectivity index (χ0n) is 12.9. The van der Waals surface area contributed by atoms with Gasteiger partial charge in [0.15, 0.2) is 0 Å². The van der Waals surface area contributed by atoms with Gasteiger partial charge in [-0.3, -0.25) is 4.90 Å². The van der Waals surface area contributed by atoms with Crippen LogP contribution in [0.1, 0.15) is 36.8 Å². The molecule has 1 heterocycles. The van der Waals surface area contributed by atoms with Crippen molar-refractivity contribution in [1.82, 2.24) is 4.90 Å². The Hall–Kier alpha value is -1.10. The first-order valence-corrected chi connectivity index (χ1v) is 7.98. The first-order chi connectivity index (χ1) is 10.2. The molecule has 4 nitrogen and oxygen atoms in total. The summed E-state index contributed by atoms with van der Waals surface area (Å²) in [7, 11) is 1.74. The van der Waals surface area contributed by atoms with Crippen LogP contribution in [0.3, 0.4) is 0 Å². The standard InChI is InChI=1S/C17H26N2O2/c1-20-16-5-4-15(17(18)6-2-3-7-17)12-14(16)13-19-8-10-21-11-9-19/h4-5,12H,2-3,6-11,13,18H2,1H3. The molecule has 1 aromatic carbocycles. The van der Waals surface area contributed by atoms with Gasteiger partial charge in [-0.2, -0.15) is 0 Å². The zero-order valence-corrected chi connectivity index (χ0v) is 12.9. The van der Waals surface area contributed by atoms with E-state index in [1.54, 1.807) is 7.11 Å². The van der Waals surface area contributed by atoms with E-state index in [0.29, 0.717) is 0 Å². The van der Waals surface area contributed by atoms with Crippen LogP contribution in [0.15, 0.2) is 18.2 Å². The number of methoxy groups -OCH3 is 1. The summed E-state index contributed by atoms with van der Waals surface area (Å²) in [4.78, 5) is 2.42. The number of hydrogen-bond acceptors (Lipinski definition) is 4. The van der Waals surface area contributed by atoms with E-state index in [1.165, 1.54) is 24.0 Å². The summed E-state index contributed by atoms with van der Waals surface area (Å²) in [6.07, 6.45) is 4.66. The average Bonchev–Trinajstić information content (AvgIpc) is 2.96. The second kappa shape index (κ2) is 6.34. The summed E-state index contributed by atoms with van der Waals surface area (Å²) >= 11 is 0. The van der Waals surface area contributed by atoms with Crippen LogP contribution in [0, 0.1) is 0 Å². The molecule has 2 N–H and O–H groups in total. The van der Waals surface area contributed by atoms with Crippen molar-refractivity contribution in [2.24, 2.45) is 5.73 Å². The van der Waals surface area contributed by atoms with Crippen LogP contribution < -0.4 is 10.5 Å². The highest BCUT2D eigenvalue weighted by molar-refractivity contribution is 5.40. The molecule has 0 unspecified atom stereocenters. The summed E-state index contributed by atoms with van der Waals surface area (Å²) in [5.41, 5.74) is 8.98. The van der Waals surface area contributed by atoms with Crippen LogP contribution >= 0.6 is 0 Å². The third-order valence-electron chi connectivity index (χ3n) is 4.85. The third-order valence-corrected chi connectivity index (χ3v) is 4.85. The van der Waals surface area contributed by atoms with Crippen LogP contribution in [0.5, 0.6) is 5.75 Å². The maximum atomic E-state index is 6.60. The molecule has 21 heavy (non-hydrogen) atoms. The Morgan fingerprint density at radius 1 is 1.24 bits per heavy atom. The summed E-state index contributed by atoms with van der Waals surface area (Å²) < 4.78 is 11.0. The Labute approximate surface area is 127 Å². The van der Waals surface area contributed by atoms with E-state index in [0.717, 1.165) is 51.4 Å². The molecular formula is C17H26N2O2. The van der Waals surface area contributed by atoms with Crippen LogP contribution in [0.25, 0.3) is 0 Å². The van der Waals surface area contributed by atoms with E-state index in [2.05, 4.69) is 23.1 Å². The lowest BCUT2D eigenvalue weighted by Crippen LogP contribution is -2.36. The largest absolute Gasteiger partial charge is 0.496 e. The van der Waals surface area contributed by atoms with Crippen molar-refractivity contribution in [2.45, 2.75) is 37.8 Å². The average molecular weight is 290 g/mol. The fourth-order valence-electron chi connectivity index (χ4n) is 3.51. The number of nitrogens with zero attached hydrogens (tertiary/aromatic N) is 1. The van der Waals surface area contributed by atoms with Crippen LogP contribution in [0.2, 0.25) is 0 Å². The van der Waals surface area contributed by atoms with Crippen molar-refractivity contribution < 1.29 is 9.47 Å². The van der Waals surface area contributed by atoms with Crippen molar-refractivity contribution in [2.75, 3.05) is 33.4 Å². The van der Waals surface area contributed by atoms with E-state index >= 15 is 0 Å². The minimum atomic E-state index is -0.133. The predicted molar refractivity (Wildman–Crippen MR) is 83.4 cm³/mol. The first kappa shape index (κ1) is 14.8. The second-order valence-electron chi connectivity index (χ2n) is 6.28. The molecule has 0 radical (unpaired) electrons. The molecule has 0 aromatic heterocycles. The minimum Gasteiger partial charge on any atom is -0.496 e. The van der Waals surface area contributed by atoms with E-state index in [-0.39, 0.29) is 5.54 Å². The maximum absolute atomic E-state index is 6.60. The van der Waals surface area contributed by atoms with Crippen molar-refractivity contribution >= 4 is 0 Å². The topological polar surface area (TPSA) is 47.7 Å². The molecule has 2 fully saturated rings. The van der Waals surface area contributed by atoms with Gasteiger partial charge in [0.2, 0.25) is 0 Å². The van der Waals surface area contributed by atoms with Gasteiger partial charge in [0.05, 0.1) is 20.3 Å². The van der Waals surface area contributed by atoms with Crippen LogP contribution in [-0.2, 0) is 16.8 Å². The Bertz CT molecular complexity index is 478. The van der Waals surface area contributed by atoms with Gasteiger partial charge in [-0.25, -0.2) is 0 Å². The number of ether oxygens (including phenoxy) is 2.